The summed E-state index contributed by atoms with van der Waals surface area (Å²) in [5.74, 6) is -0.262. The molecule has 1 aromatic heterocycles. The normalized spacial score (nSPS) is 11.4. The van der Waals surface area contributed by atoms with Crippen LogP contribution in [0.15, 0.2) is 12.4 Å². The van der Waals surface area contributed by atoms with E-state index < -0.39 is 11.0 Å². The van der Waals surface area contributed by atoms with E-state index in [-0.39, 0.29) is 24.0 Å². The molecule has 0 aromatic carbocycles. The van der Waals surface area contributed by atoms with E-state index in [0.29, 0.717) is 13.1 Å². The van der Waals surface area contributed by atoms with Crippen molar-refractivity contribution in [3.8, 4) is 0 Å². The molecule has 1 aromatic rings. The highest BCUT2D eigenvalue weighted by atomic mass is 35.5. The summed E-state index contributed by atoms with van der Waals surface area (Å²) in [5.41, 5.74) is 5.26. The molecule has 17 heavy (non-hydrogen) atoms. The van der Waals surface area contributed by atoms with Crippen molar-refractivity contribution in [3.63, 3.8) is 0 Å². The number of halogens is 1. The molecule has 0 spiro atoms. The molecule has 0 aliphatic carbocycles. The molecule has 96 valence electrons. The number of carbonyl (C=O) groups is 1. The van der Waals surface area contributed by atoms with Gasteiger partial charge in [-0.3, -0.25) is 19.6 Å². The molecule has 8 nitrogen and oxygen atoms in total. The van der Waals surface area contributed by atoms with Gasteiger partial charge >= 0.3 is 5.69 Å². The van der Waals surface area contributed by atoms with Crippen LogP contribution in [0.3, 0.4) is 0 Å². The predicted molar refractivity (Wildman–Crippen MR) is 62.8 cm³/mol. The van der Waals surface area contributed by atoms with Crippen molar-refractivity contribution in [2.75, 3.05) is 6.54 Å². The molecule has 0 aliphatic rings. The Morgan fingerprint density at radius 3 is 2.88 bits per heavy atom. The van der Waals surface area contributed by atoms with Crippen molar-refractivity contribution in [3.05, 3.63) is 22.5 Å². The zero-order chi connectivity index (χ0) is 12.1. The molecule has 9 heteroatoms. The van der Waals surface area contributed by atoms with Crippen molar-refractivity contribution in [2.24, 2.45) is 5.73 Å². The molecule has 0 bridgehead atoms. The first-order chi connectivity index (χ1) is 7.50. The minimum absolute atomic E-state index is 0. The number of nitrogens with zero attached hydrogens (tertiary/aromatic N) is 3. The molecule has 1 heterocycles. The van der Waals surface area contributed by atoms with Crippen LogP contribution in [0.1, 0.15) is 6.92 Å². The van der Waals surface area contributed by atoms with Gasteiger partial charge in [-0.2, -0.15) is 5.10 Å². The monoisotopic (exact) mass is 263 g/mol. The van der Waals surface area contributed by atoms with Gasteiger partial charge in [0.15, 0.2) is 0 Å². The quantitative estimate of drug-likeness (QED) is 0.558. The van der Waals surface area contributed by atoms with Crippen LogP contribution in [-0.2, 0) is 11.3 Å². The molecule has 3 N–H and O–H groups in total. The van der Waals surface area contributed by atoms with E-state index in [0.717, 1.165) is 6.20 Å². The van der Waals surface area contributed by atoms with E-state index in [1.165, 1.54) is 10.9 Å². The van der Waals surface area contributed by atoms with Gasteiger partial charge in [0.1, 0.15) is 12.4 Å². The molecule has 0 aliphatic heterocycles. The lowest BCUT2D eigenvalue weighted by Crippen LogP contribution is -2.39. The fourth-order valence-corrected chi connectivity index (χ4v) is 1.02. The molecular formula is C8H14ClN5O3. The summed E-state index contributed by atoms with van der Waals surface area (Å²) in [4.78, 5) is 20.9. The van der Waals surface area contributed by atoms with Gasteiger partial charge in [0.25, 0.3) is 0 Å². The maximum Gasteiger partial charge on any atom is 0.306 e. The molecular weight excluding hydrogens is 250 g/mol. The Kier molecular flexibility index (Phi) is 6.15. The van der Waals surface area contributed by atoms with Crippen LogP contribution < -0.4 is 11.1 Å². The maximum absolute atomic E-state index is 11.1. The highest BCUT2D eigenvalue weighted by molar-refractivity contribution is 5.85. The second-order valence-electron chi connectivity index (χ2n) is 3.30. The summed E-state index contributed by atoms with van der Waals surface area (Å²) in [5, 5.41) is 16.7. The Bertz CT molecular complexity index is 392. The van der Waals surface area contributed by atoms with Crippen LogP contribution in [0.25, 0.3) is 0 Å². The van der Waals surface area contributed by atoms with Crippen LogP contribution in [0.4, 0.5) is 5.69 Å². The van der Waals surface area contributed by atoms with E-state index in [1.807, 2.05) is 0 Å². The standard InChI is InChI=1S/C8H13N5O3.ClH/c1-6(9)8(14)10-2-3-12-5-7(4-11-12)13(15)16;/h4-6H,2-3,9H2,1H3,(H,10,14);1H/t6-;/m1./s1. The van der Waals surface area contributed by atoms with Crippen molar-refractivity contribution >= 4 is 24.0 Å². The van der Waals surface area contributed by atoms with Crippen molar-refractivity contribution in [1.29, 1.82) is 0 Å². The Hall–Kier alpha value is -1.67. The summed E-state index contributed by atoms with van der Waals surface area (Å²) in [6.45, 7) is 2.28. The molecule has 0 unspecified atom stereocenters. The predicted octanol–water partition coefficient (Wildman–Crippen LogP) is -0.323. The minimum atomic E-state index is -0.563. The van der Waals surface area contributed by atoms with E-state index in [1.54, 1.807) is 6.92 Å². The van der Waals surface area contributed by atoms with Gasteiger partial charge in [-0.05, 0) is 6.92 Å². The number of carbonyl (C=O) groups excluding carboxylic acids is 1. The lowest BCUT2D eigenvalue weighted by atomic mass is 10.3. The van der Waals surface area contributed by atoms with Gasteiger partial charge in [0.2, 0.25) is 5.91 Å². The second-order valence-corrected chi connectivity index (χ2v) is 3.30. The lowest BCUT2D eigenvalue weighted by molar-refractivity contribution is -0.385. The summed E-state index contributed by atoms with van der Waals surface area (Å²) < 4.78 is 1.39. The second kappa shape index (κ2) is 6.81. The van der Waals surface area contributed by atoms with E-state index in [2.05, 4.69) is 10.4 Å². The third kappa shape index (κ3) is 4.79. The molecule has 1 rings (SSSR count). The third-order valence-electron chi connectivity index (χ3n) is 1.88. The van der Waals surface area contributed by atoms with Gasteiger partial charge in [-0.15, -0.1) is 12.4 Å². The summed E-state index contributed by atoms with van der Waals surface area (Å²) in [7, 11) is 0. The SMILES string of the molecule is C[C@@H](N)C(=O)NCCn1cc([N+](=O)[O-])cn1.Cl. The number of nitro groups is 1. The van der Waals surface area contributed by atoms with Crippen LogP contribution in [0.2, 0.25) is 0 Å². The first-order valence-electron chi connectivity index (χ1n) is 4.71. The number of amides is 1. The maximum atomic E-state index is 11.1. The fourth-order valence-electron chi connectivity index (χ4n) is 1.02. The van der Waals surface area contributed by atoms with Crippen LogP contribution in [-0.4, -0.2) is 33.2 Å². The summed E-state index contributed by atoms with van der Waals surface area (Å²) >= 11 is 0. The minimum Gasteiger partial charge on any atom is -0.353 e. The third-order valence-corrected chi connectivity index (χ3v) is 1.88. The number of nitrogens with two attached hydrogens (primary N) is 1. The van der Waals surface area contributed by atoms with Gasteiger partial charge in [-0.25, -0.2) is 0 Å². The Morgan fingerprint density at radius 1 is 1.76 bits per heavy atom. The van der Waals surface area contributed by atoms with Crippen LogP contribution >= 0.6 is 12.4 Å². The van der Waals surface area contributed by atoms with Gasteiger partial charge in [0.05, 0.1) is 17.5 Å². The van der Waals surface area contributed by atoms with E-state index in [9.17, 15) is 14.9 Å². The number of aromatic nitrogens is 2. The lowest BCUT2D eigenvalue weighted by Gasteiger charge is -2.06. The summed E-state index contributed by atoms with van der Waals surface area (Å²) in [6.07, 6.45) is 2.46. The van der Waals surface area contributed by atoms with Gasteiger partial charge in [0, 0.05) is 6.54 Å². The Balaban J connectivity index is 0.00000256. The summed E-state index contributed by atoms with van der Waals surface area (Å²) in [6, 6.07) is -0.563. The fraction of sp³-hybridized carbons (Fsp3) is 0.500. The number of hydrogen-bond acceptors (Lipinski definition) is 5. The number of nitrogens with one attached hydrogen (secondary N) is 1. The van der Waals surface area contributed by atoms with E-state index in [4.69, 9.17) is 5.73 Å². The largest absolute Gasteiger partial charge is 0.353 e. The zero-order valence-electron chi connectivity index (χ0n) is 9.20. The smallest absolute Gasteiger partial charge is 0.306 e. The van der Waals surface area contributed by atoms with E-state index >= 15 is 0 Å². The Morgan fingerprint density at radius 2 is 2.41 bits per heavy atom. The van der Waals surface area contributed by atoms with Crippen molar-refractivity contribution < 1.29 is 9.72 Å². The van der Waals surface area contributed by atoms with Gasteiger partial charge in [-0.1, -0.05) is 0 Å². The van der Waals surface area contributed by atoms with Crippen molar-refractivity contribution in [1.82, 2.24) is 15.1 Å². The number of rotatable bonds is 5. The van der Waals surface area contributed by atoms with Crippen molar-refractivity contribution in [2.45, 2.75) is 19.5 Å². The first-order valence-corrected chi connectivity index (χ1v) is 4.71. The number of hydrogen-bond donors (Lipinski definition) is 2. The first kappa shape index (κ1) is 15.3. The van der Waals surface area contributed by atoms with Crippen LogP contribution in [0, 0.1) is 10.1 Å². The highest BCUT2D eigenvalue weighted by Gasteiger charge is 2.09. The van der Waals surface area contributed by atoms with Crippen LogP contribution in [0.5, 0.6) is 0 Å². The highest BCUT2D eigenvalue weighted by Crippen LogP contribution is 2.06. The molecule has 0 radical (unpaired) electrons. The average molecular weight is 264 g/mol. The van der Waals surface area contributed by atoms with Gasteiger partial charge < -0.3 is 11.1 Å². The molecule has 0 saturated heterocycles. The Labute approximate surface area is 104 Å². The average Bonchev–Trinajstić information content (AvgIpc) is 2.66. The molecule has 1 amide bonds. The molecule has 0 fully saturated rings. The molecule has 0 saturated carbocycles. The molecule has 1 atom stereocenters. The zero-order valence-corrected chi connectivity index (χ0v) is 10.0. The topological polar surface area (TPSA) is 116 Å².